The second-order valence-electron chi connectivity index (χ2n) is 19.7. The minimum Gasteiger partial charge on any atom is -0.463 e. The number of carbonyl (C=O) groups is 2. The lowest BCUT2D eigenvalue weighted by Gasteiger charge is -2.58. The van der Waals surface area contributed by atoms with Gasteiger partial charge >= 0.3 is 5.97 Å². The Morgan fingerprint density at radius 2 is 1.49 bits per heavy atom. The van der Waals surface area contributed by atoms with Crippen LogP contribution in [0.3, 0.4) is 0 Å². The van der Waals surface area contributed by atoms with Crippen molar-refractivity contribution in [1.82, 2.24) is 0 Å². The molecule has 0 aromatic heterocycles. The Labute approximate surface area is 334 Å². The first-order valence-electron chi connectivity index (χ1n) is 23.1. The second kappa shape index (κ2) is 20.6. The number of rotatable bonds is 21. The van der Waals surface area contributed by atoms with E-state index in [2.05, 4.69) is 41.5 Å². The molecule has 8 nitrogen and oxygen atoms in total. The fourth-order valence-corrected chi connectivity index (χ4v) is 12.0. The van der Waals surface area contributed by atoms with E-state index in [1.807, 2.05) is 6.08 Å². The van der Waals surface area contributed by atoms with E-state index in [0.717, 1.165) is 56.4 Å². The molecule has 316 valence electrons. The van der Waals surface area contributed by atoms with Crippen LogP contribution in [0.5, 0.6) is 0 Å². The maximum atomic E-state index is 14.1. The lowest BCUT2D eigenvalue weighted by atomic mass is 9.46. The molecule has 13 atom stereocenters. The summed E-state index contributed by atoms with van der Waals surface area (Å²) in [6.07, 6.45) is 19.4. The third-order valence-electron chi connectivity index (χ3n) is 15.5. The summed E-state index contributed by atoms with van der Waals surface area (Å²) in [7, 11) is 0. The quantitative estimate of drug-likeness (QED) is 0.0779. The number of ketones is 1. The number of aliphatic hydroxyl groups excluding tert-OH is 3. The van der Waals surface area contributed by atoms with Crippen molar-refractivity contribution < 1.29 is 39.1 Å². The first kappa shape index (κ1) is 44.8. The number of carbonyl (C=O) groups excluding carboxylic acids is 2. The number of allylic oxidation sites excluding steroid dienone is 1. The van der Waals surface area contributed by atoms with Crippen LogP contribution in [-0.2, 0) is 23.8 Å². The predicted molar refractivity (Wildman–Crippen MR) is 217 cm³/mol. The van der Waals surface area contributed by atoms with Gasteiger partial charge in [0.05, 0.1) is 6.10 Å². The summed E-state index contributed by atoms with van der Waals surface area (Å²) in [6.45, 7) is 14.0. The van der Waals surface area contributed by atoms with Crippen LogP contribution in [0.2, 0.25) is 0 Å². The minimum atomic E-state index is -1.50. The molecule has 0 aromatic rings. The van der Waals surface area contributed by atoms with E-state index < -0.39 is 30.7 Å². The Hall–Kier alpha value is -1.32. The summed E-state index contributed by atoms with van der Waals surface area (Å²) in [4.78, 5) is 26.7. The Bertz CT molecular complexity index is 1250. The summed E-state index contributed by atoms with van der Waals surface area (Å²) >= 11 is 0. The standard InChI is InChI=1S/C47H80O8/c1-7-8-9-10-11-12-13-14-15-16-17-21-40(49)53-30-39-42(50)43(51)44(52)45(55-39)54-34-24-26-46(5)33(28-34)29-38(48)41-36-23-22-35(32(4)20-18-19-31(2)3)47(36,6)27-25-37(41)46/h29,31-32,34-37,39,41-45,50-52H,7-28,30H2,1-6H3/t32-,34+,35-,36+,37+,39-,41+,42+,43+,44-,45+,46+,47-/m1/s1. The highest BCUT2D eigenvalue weighted by molar-refractivity contribution is 5.94. The van der Waals surface area contributed by atoms with Crippen molar-refractivity contribution in [3.8, 4) is 0 Å². The molecule has 0 radical (unpaired) electrons. The number of unbranched alkanes of at least 4 members (excludes halogenated alkanes) is 10. The minimum absolute atomic E-state index is 0.0624. The summed E-state index contributed by atoms with van der Waals surface area (Å²) < 4.78 is 17.8. The molecular formula is C47H80O8. The van der Waals surface area contributed by atoms with Gasteiger partial charge in [-0.25, -0.2) is 0 Å². The first-order chi connectivity index (χ1) is 26.3. The highest BCUT2D eigenvalue weighted by Crippen LogP contribution is 2.67. The van der Waals surface area contributed by atoms with Crippen LogP contribution >= 0.6 is 0 Å². The third-order valence-corrected chi connectivity index (χ3v) is 15.5. The molecule has 3 saturated carbocycles. The number of aliphatic hydroxyl groups is 3. The highest BCUT2D eigenvalue weighted by Gasteiger charge is 2.61. The molecule has 1 aliphatic heterocycles. The molecule has 0 bridgehead atoms. The predicted octanol–water partition coefficient (Wildman–Crippen LogP) is 9.64. The molecule has 55 heavy (non-hydrogen) atoms. The van der Waals surface area contributed by atoms with Gasteiger partial charge in [-0.3, -0.25) is 9.59 Å². The number of esters is 1. The molecule has 4 aliphatic carbocycles. The van der Waals surface area contributed by atoms with Crippen LogP contribution in [-0.4, -0.2) is 70.5 Å². The Morgan fingerprint density at radius 3 is 2.16 bits per heavy atom. The van der Waals surface area contributed by atoms with Crippen molar-refractivity contribution in [3.63, 3.8) is 0 Å². The molecule has 8 heteroatoms. The zero-order valence-corrected chi connectivity index (χ0v) is 35.7. The largest absolute Gasteiger partial charge is 0.463 e. The summed E-state index contributed by atoms with van der Waals surface area (Å²) in [5.74, 6) is 2.96. The van der Waals surface area contributed by atoms with Gasteiger partial charge in [-0.1, -0.05) is 131 Å². The van der Waals surface area contributed by atoms with Gasteiger partial charge in [0.15, 0.2) is 12.1 Å². The smallest absolute Gasteiger partial charge is 0.305 e. The first-order valence-corrected chi connectivity index (χ1v) is 23.1. The van der Waals surface area contributed by atoms with E-state index in [4.69, 9.17) is 14.2 Å². The SMILES string of the molecule is CCCCCCCCCCCCCC(=O)OC[C@H]1O[C@H](O[C@H]2CC[C@@]3(C)C(=CC(=O)[C@H]4[C@@H]5CC[C@H]([C@H](C)CCCC(C)C)[C@@]5(C)CC[C@@H]43)C2)[C@H](O)[C@@H](O)[C@H]1O. The topological polar surface area (TPSA) is 123 Å². The molecule has 1 heterocycles. The molecule has 3 N–H and O–H groups in total. The number of hydrogen-bond acceptors (Lipinski definition) is 8. The molecular weight excluding hydrogens is 693 g/mol. The Morgan fingerprint density at radius 1 is 0.818 bits per heavy atom. The van der Waals surface area contributed by atoms with E-state index in [1.165, 1.54) is 83.5 Å². The zero-order chi connectivity index (χ0) is 39.8. The van der Waals surface area contributed by atoms with Crippen molar-refractivity contribution in [2.45, 2.75) is 220 Å². The average Bonchev–Trinajstić information content (AvgIpc) is 3.51. The van der Waals surface area contributed by atoms with Crippen LogP contribution in [0, 0.1) is 46.3 Å². The van der Waals surface area contributed by atoms with E-state index in [-0.39, 0.29) is 35.4 Å². The summed E-state index contributed by atoms with van der Waals surface area (Å²) in [5, 5.41) is 32.3. The van der Waals surface area contributed by atoms with Gasteiger partial charge < -0.3 is 29.5 Å². The normalized spacial score (nSPS) is 37.9. The molecule has 0 aromatic carbocycles. The number of ether oxygens (including phenoxy) is 3. The van der Waals surface area contributed by atoms with Gasteiger partial charge in [-0.05, 0) is 97.9 Å². The van der Waals surface area contributed by atoms with Crippen molar-refractivity contribution in [3.05, 3.63) is 11.6 Å². The average molecular weight is 773 g/mol. The zero-order valence-electron chi connectivity index (χ0n) is 35.7. The van der Waals surface area contributed by atoms with Crippen molar-refractivity contribution in [2.75, 3.05) is 6.61 Å². The lowest BCUT2D eigenvalue weighted by Crippen LogP contribution is -2.60. The maximum absolute atomic E-state index is 14.1. The fourth-order valence-electron chi connectivity index (χ4n) is 12.0. The van der Waals surface area contributed by atoms with Crippen molar-refractivity contribution in [1.29, 1.82) is 0 Å². The number of fused-ring (bicyclic) bond motifs is 5. The fraction of sp³-hybridized carbons (Fsp3) is 0.915. The van der Waals surface area contributed by atoms with Gasteiger partial charge in [0.2, 0.25) is 0 Å². The molecule has 1 saturated heterocycles. The molecule has 0 unspecified atom stereocenters. The van der Waals surface area contributed by atoms with Gasteiger partial charge in [-0.2, -0.15) is 0 Å². The number of hydrogen-bond donors (Lipinski definition) is 3. The van der Waals surface area contributed by atoms with Crippen LogP contribution in [0.1, 0.15) is 183 Å². The lowest BCUT2D eigenvalue weighted by molar-refractivity contribution is -0.313. The van der Waals surface area contributed by atoms with E-state index >= 15 is 0 Å². The molecule has 5 aliphatic rings. The third kappa shape index (κ3) is 10.8. The van der Waals surface area contributed by atoms with Gasteiger partial charge in [-0.15, -0.1) is 0 Å². The van der Waals surface area contributed by atoms with E-state index in [0.29, 0.717) is 42.3 Å². The van der Waals surface area contributed by atoms with Crippen LogP contribution < -0.4 is 0 Å². The van der Waals surface area contributed by atoms with Crippen LogP contribution in [0.25, 0.3) is 0 Å². The van der Waals surface area contributed by atoms with Crippen molar-refractivity contribution in [2.24, 2.45) is 46.3 Å². The molecule has 5 rings (SSSR count). The molecule has 0 spiro atoms. The summed E-state index contributed by atoms with van der Waals surface area (Å²) in [5.41, 5.74) is 1.31. The highest BCUT2D eigenvalue weighted by atomic mass is 16.7. The Balaban J connectivity index is 1.09. The van der Waals surface area contributed by atoms with Gasteiger partial charge in [0.1, 0.15) is 31.0 Å². The Kier molecular flexibility index (Phi) is 16.8. The summed E-state index contributed by atoms with van der Waals surface area (Å²) in [6, 6.07) is 0. The monoisotopic (exact) mass is 773 g/mol. The van der Waals surface area contributed by atoms with Crippen LogP contribution in [0.4, 0.5) is 0 Å². The van der Waals surface area contributed by atoms with Gasteiger partial charge in [0.25, 0.3) is 0 Å². The van der Waals surface area contributed by atoms with Crippen LogP contribution in [0.15, 0.2) is 11.6 Å². The second-order valence-corrected chi connectivity index (χ2v) is 19.7. The van der Waals surface area contributed by atoms with E-state index in [9.17, 15) is 24.9 Å². The molecule has 4 fully saturated rings. The van der Waals surface area contributed by atoms with Crippen molar-refractivity contribution >= 4 is 11.8 Å². The maximum Gasteiger partial charge on any atom is 0.305 e. The van der Waals surface area contributed by atoms with E-state index in [1.54, 1.807) is 0 Å². The van der Waals surface area contributed by atoms with Gasteiger partial charge in [0, 0.05) is 12.3 Å². The molecule has 0 amide bonds.